The third-order valence-corrected chi connectivity index (χ3v) is 3.61. The molecule has 0 aromatic carbocycles. The minimum atomic E-state index is -4.33. The molecule has 0 aromatic rings. The number of thioether (sulfide) groups is 1. The Morgan fingerprint density at radius 2 is 2.00 bits per heavy atom. The first-order valence-corrected chi connectivity index (χ1v) is 7.13. The van der Waals surface area contributed by atoms with Crippen LogP contribution in [0.4, 0.5) is 13.2 Å². The lowest BCUT2D eigenvalue weighted by atomic mass is 10.0. The number of piperidine rings is 1. The summed E-state index contributed by atoms with van der Waals surface area (Å²) in [6.07, 6.45) is 2.41. The van der Waals surface area contributed by atoms with E-state index in [9.17, 15) is 18.0 Å². The fourth-order valence-corrected chi connectivity index (χ4v) is 2.55. The standard InChI is InChI=1S/C11H19F3N2OS/c1-2-7-16(9-3-5-15-6-4-9)10(17)8-18-11(12,13)14/h9,15H,2-8H2,1H3. The van der Waals surface area contributed by atoms with E-state index in [-0.39, 0.29) is 17.8 Å². The summed E-state index contributed by atoms with van der Waals surface area (Å²) in [5, 5.41) is 3.18. The molecule has 0 spiro atoms. The molecule has 0 saturated carbocycles. The molecule has 3 nitrogen and oxygen atoms in total. The van der Waals surface area contributed by atoms with Crippen molar-refractivity contribution in [2.75, 3.05) is 25.4 Å². The normalized spacial score (nSPS) is 17.8. The number of nitrogens with one attached hydrogen (secondary N) is 1. The number of amides is 1. The van der Waals surface area contributed by atoms with Crippen LogP contribution >= 0.6 is 11.8 Å². The zero-order chi connectivity index (χ0) is 13.6. The maximum absolute atomic E-state index is 12.1. The zero-order valence-electron chi connectivity index (χ0n) is 10.4. The van der Waals surface area contributed by atoms with Crippen molar-refractivity contribution >= 4 is 17.7 Å². The molecule has 1 N–H and O–H groups in total. The number of halogens is 3. The van der Waals surface area contributed by atoms with Crippen molar-refractivity contribution in [1.82, 2.24) is 10.2 Å². The zero-order valence-corrected chi connectivity index (χ0v) is 11.2. The van der Waals surface area contributed by atoms with Gasteiger partial charge in [-0.25, -0.2) is 0 Å². The molecule has 106 valence electrons. The van der Waals surface area contributed by atoms with E-state index >= 15 is 0 Å². The largest absolute Gasteiger partial charge is 0.442 e. The van der Waals surface area contributed by atoms with Gasteiger partial charge in [-0.15, -0.1) is 0 Å². The summed E-state index contributed by atoms with van der Waals surface area (Å²) in [5.41, 5.74) is -4.33. The lowest BCUT2D eigenvalue weighted by molar-refractivity contribution is -0.131. The molecule has 7 heteroatoms. The van der Waals surface area contributed by atoms with Gasteiger partial charge in [-0.05, 0) is 44.1 Å². The number of nitrogens with zero attached hydrogens (tertiary/aromatic N) is 1. The molecule has 1 saturated heterocycles. The molecule has 0 aliphatic carbocycles. The number of hydrogen-bond donors (Lipinski definition) is 1. The van der Waals surface area contributed by atoms with Crippen molar-refractivity contribution in [3.05, 3.63) is 0 Å². The van der Waals surface area contributed by atoms with Crippen LogP contribution in [-0.2, 0) is 4.79 Å². The van der Waals surface area contributed by atoms with Crippen molar-refractivity contribution in [2.24, 2.45) is 0 Å². The van der Waals surface area contributed by atoms with E-state index in [1.807, 2.05) is 6.92 Å². The summed E-state index contributed by atoms with van der Waals surface area (Å²) in [4.78, 5) is 13.5. The van der Waals surface area contributed by atoms with E-state index in [0.717, 1.165) is 32.4 Å². The molecule has 1 heterocycles. The Hall–Kier alpha value is -0.430. The lowest BCUT2D eigenvalue weighted by Gasteiger charge is -2.34. The average Bonchev–Trinajstić information content (AvgIpc) is 2.33. The molecule has 0 radical (unpaired) electrons. The first-order valence-electron chi connectivity index (χ1n) is 6.15. The van der Waals surface area contributed by atoms with Crippen LogP contribution in [0.5, 0.6) is 0 Å². The van der Waals surface area contributed by atoms with E-state index in [4.69, 9.17) is 0 Å². The Labute approximate surface area is 109 Å². The van der Waals surface area contributed by atoms with E-state index in [2.05, 4.69) is 5.32 Å². The topological polar surface area (TPSA) is 32.3 Å². The first-order chi connectivity index (χ1) is 8.44. The Kier molecular flexibility index (Phi) is 6.28. The Morgan fingerprint density at radius 1 is 1.39 bits per heavy atom. The molecule has 0 unspecified atom stereocenters. The fraction of sp³-hybridized carbons (Fsp3) is 0.909. The molecular formula is C11H19F3N2OS. The third-order valence-electron chi connectivity index (χ3n) is 2.89. The van der Waals surface area contributed by atoms with Gasteiger partial charge in [-0.2, -0.15) is 13.2 Å². The Balaban J connectivity index is 2.51. The van der Waals surface area contributed by atoms with Crippen molar-refractivity contribution in [1.29, 1.82) is 0 Å². The number of hydrogen-bond acceptors (Lipinski definition) is 3. The summed E-state index contributed by atoms with van der Waals surface area (Å²) in [6.45, 7) is 4.12. The van der Waals surface area contributed by atoms with Gasteiger partial charge < -0.3 is 10.2 Å². The van der Waals surface area contributed by atoms with Crippen LogP contribution < -0.4 is 5.32 Å². The molecule has 0 bridgehead atoms. The lowest BCUT2D eigenvalue weighted by Crippen LogP contribution is -2.47. The highest BCUT2D eigenvalue weighted by Gasteiger charge is 2.32. The Morgan fingerprint density at radius 3 is 2.50 bits per heavy atom. The smallest absolute Gasteiger partial charge is 0.339 e. The second-order valence-corrected chi connectivity index (χ2v) is 5.34. The SMILES string of the molecule is CCCN(C(=O)CSC(F)(F)F)C1CCNCC1. The molecular weight excluding hydrogens is 265 g/mol. The number of carbonyl (C=O) groups is 1. The second kappa shape index (κ2) is 7.23. The predicted molar refractivity (Wildman–Crippen MR) is 66.4 cm³/mol. The maximum Gasteiger partial charge on any atom is 0.442 e. The minimum Gasteiger partial charge on any atom is -0.339 e. The molecule has 1 aliphatic rings. The van der Waals surface area contributed by atoms with Gasteiger partial charge in [0.15, 0.2) is 0 Å². The van der Waals surface area contributed by atoms with E-state index in [1.54, 1.807) is 4.90 Å². The highest BCUT2D eigenvalue weighted by Crippen LogP contribution is 2.30. The number of alkyl halides is 3. The van der Waals surface area contributed by atoms with Crippen molar-refractivity contribution in [2.45, 2.75) is 37.7 Å². The minimum absolute atomic E-state index is 0.0903. The van der Waals surface area contributed by atoms with Crippen LogP contribution in [-0.4, -0.2) is 47.7 Å². The van der Waals surface area contributed by atoms with Gasteiger partial charge in [0.25, 0.3) is 0 Å². The second-order valence-electron chi connectivity index (χ2n) is 4.30. The summed E-state index contributed by atoms with van der Waals surface area (Å²) in [6, 6.07) is 0.0903. The van der Waals surface area contributed by atoms with E-state index < -0.39 is 17.2 Å². The van der Waals surface area contributed by atoms with Gasteiger partial charge in [-0.3, -0.25) is 4.79 Å². The summed E-state index contributed by atoms with van der Waals surface area (Å²) in [5.74, 6) is -0.904. The summed E-state index contributed by atoms with van der Waals surface area (Å²) in [7, 11) is 0. The molecule has 1 fully saturated rings. The van der Waals surface area contributed by atoms with Gasteiger partial charge in [0.1, 0.15) is 0 Å². The van der Waals surface area contributed by atoms with Gasteiger partial charge >= 0.3 is 5.51 Å². The van der Waals surface area contributed by atoms with Crippen molar-refractivity contribution in [3.63, 3.8) is 0 Å². The van der Waals surface area contributed by atoms with Crippen LogP contribution in [0.15, 0.2) is 0 Å². The van der Waals surface area contributed by atoms with Gasteiger partial charge in [-0.1, -0.05) is 6.92 Å². The van der Waals surface area contributed by atoms with Gasteiger partial charge in [0.05, 0.1) is 5.75 Å². The molecule has 0 aromatic heterocycles. The van der Waals surface area contributed by atoms with E-state index in [0.29, 0.717) is 6.54 Å². The molecule has 1 rings (SSSR count). The Bertz CT molecular complexity index is 268. The summed E-state index contributed by atoms with van der Waals surface area (Å²) < 4.78 is 36.3. The van der Waals surface area contributed by atoms with Crippen LogP contribution in [0.1, 0.15) is 26.2 Å². The van der Waals surface area contributed by atoms with Crippen LogP contribution in [0.3, 0.4) is 0 Å². The molecule has 18 heavy (non-hydrogen) atoms. The maximum atomic E-state index is 12.1. The number of carbonyl (C=O) groups excluding carboxylic acids is 1. The molecule has 0 atom stereocenters. The van der Waals surface area contributed by atoms with Crippen molar-refractivity contribution in [3.8, 4) is 0 Å². The first kappa shape index (κ1) is 15.6. The number of rotatable bonds is 5. The molecule has 1 aliphatic heterocycles. The molecule has 1 amide bonds. The average molecular weight is 284 g/mol. The van der Waals surface area contributed by atoms with Crippen LogP contribution in [0.2, 0.25) is 0 Å². The fourth-order valence-electron chi connectivity index (χ4n) is 2.10. The van der Waals surface area contributed by atoms with Crippen molar-refractivity contribution < 1.29 is 18.0 Å². The van der Waals surface area contributed by atoms with Crippen LogP contribution in [0.25, 0.3) is 0 Å². The monoisotopic (exact) mass is 284 g/mol. The van der Waals surface area contributed by atoms with Gasteiger partial charge in [0, 0.05) is 12.6 Å². The quantitative estimate of drug-likeness (QED) is 0.840. The highest BCUT2D eigenvalue weighted by atomic mass is 32.2. The third kappa shape index (κ3) is 5.48. The predicted octanol–water partition coefficient (Wildman–Crippen LogP) is 2.23. The van der Waals surface area contributed by atoms with Crippen LogP contribution in [0, 0.1) is 0 Å². The highest BCUT2D eigenvalue weighted by molar-refractivity contribution is 8.00. The summed E-state index contributed by atoms with van der Waals surface area (Å²) >= 11 is -0.247. The van der Waals surface area contributed by atoms with E-state index in [1.165, 1.54) is 0 Å². The van der Waals surface area contributed by atoms with Gasteiger partial charge in [0.2, 0.25) is 5.91 Å².